The van der Waals surface area contributed by atoms with Crippen LogP contribution in [0.5, 0.6) is 17.2 Å². The van der Waals surface area contributed by atoms with Crippen molar-refractivity contribution in [1.82, 2.24) is 10.3 Å². The molecule has 0 fully saturated rings. The molecule has 0 saturated heterocycles. The van der Waals surface area contributed by atoms with Crippen LogP contribution < -0.4 is 25.0 Å². The fraction of sp³-hybridized carbons (Fsp3) is 0.257. The summed E-state index contributed by atoms with van der Waals surface area (Å²) in [5.41, 5.74) is 3.78. The van der Waals surface area contributed by atoms with Gasteiger partial charge in [0.25, 0.3) is 11.0 Å². The van der Waals surface area contributed by atoms with E-state index in [1.807, 2.05) is 18.4 Å². The number of rotatable bonds is 12. The van der Waals surface area contributed by atoms with Crippen LogP contribution in [0.15, 0.2) is 76.4 Å². The number of nitrogens with one attached hydrogen (secondary N) is 1. The predicted octanol–water partition coefficient (Wildman–Crippen LogP) is 5.34. The number of amides is 1. The molecular weight excluding hydrogens is 654 g/mol. The Morgan fingerprint density at radius 3 is 2.47 bits per heavy atom. The zero-order chi connectivity index (χ0) is 35.1. The number of hydrogen-bond acceptors (Lipinski definition) is 12. The summed E-state index contributed by atoms with van der Waals surface area (Å²) in [6, 6.07) is 17.3. The van der Waals surface area contributed by atoms with E-state index in [2.05, 4.69) is 15.1 Å². The van der Waals surface area contributed by atoms with Crippen molar-refractivity contribution in [1.29, 1.82) is 0 Å². The highest BCUT2D eigenvalue weighted by Crippen LogP contribution is 2.50. The number of thioether (sulfide) groups is 1. The molecule has 0 bridgehead atoms. The monoisotopic (exact) mass is 687 g/mol. The van der Waals surface area contributed by atoms with Crippen molar-refractivity contribution in [2.75, 3.05) is 27.6 Å². The van der Waals surface area contributed by atoms with Crippen molar-refractivity contribution in [2.24, 2.45) is 0 Å². The summed E-state index contributed by atoms with van der Waals surface area (Å²) >= 11 is 1.33. The Balaban J connectivity index is 1.41. The second-order valence-corrected chi connectivity index (χ2v) is 11.7. The average molecular weight is 688 g/mol. The Kier molecular flexibility index (Phi) is 11.0. The van der Waals surface area contributed by atoms with Crippen LogP contribution in [0.2, 0.25) is 0 Å². The highest BCUT2D eigenvalue weighted by atomic mass is 32.2. The third kappa shape index (κ3) is 7.75. The number of aromatic nitrogens is 1. The summed E-state index contributed by atoms with van der Waals surface area (Å²) in [5, 5.41) is 12.7. The number of hydrogen-bond donors (Lipinski definition) is 1. The Labute approximate surface area is 285 Å². The third-order valence-electron chi connectivity index (χ3n) is 7.92. The number of methoxy groups -OCH3 is 3. The largest absolute Gasteiger partial charge is 0.493 e. The highest BCUT2D eigenvalue weighted by Gasteiger charge is 2.30. The fourth-order valence-corrected chi connectivity index (χ4v) is 6.14. The first-order valence-electron chi connectivity index (χ1n) is 15.0. The van der Waals surface area contributed by atoms with Gasteiger partial charge >= 0.3 is 5.97 Å². The van der Waals surface area contributed by atoms with E-state index in [4.69, 9.17) is 18.9 Å². The lowest BCUT2D eigenvalue weighted by atomic mass is 9.95. The van der Waals surface area contributed by atoms with Gasteiger partial charge in [-0.2, -0.15) is 0 Å². The first-order chi connectivity index (χ1) is 23.7. The maximum absolute atomic E-state index is 13.7. The zero-order valence-corrected chi connectivity index (χ0v) is 28.0. The number of carbonyl (C=O) groups excluding carboxylic acids is 2. The van der Waals surface area contributed by atoms with Crippen LogP contribution in [0.25, 0.3) is 11.1 Å². The van der Waals surface area contributed by atoms with Gasteiger partial charge in [-0.05, 0) is 83.8 Å². The molecule has 0 spiro atoms. The van der Waals surface area contributed by atoms with Crippen molar-refractivity contribution in [3.8, 4) is 28.4 Å². The first kappa shape index (κ1) is 34.7. The topological polar surface area (TPSA) is 165 Å². The average Bonchev–Trinajstić information content (AvgIpc) is 3.36. The maximum Gasteiger partial charge on any atom is 0.338 e. The Bertz CT molecular complexity index is 1970. The molecule has 13 nitrogen and oxygen atoms in total. The molecule has 5 rings (SSSR count). The van der Waals surface area contributed by atoms with Crippen molar-refractivity contribution < 1.29 is 38.5 Å². The van der Waals surface area contributed by atoms with E-state index in [1.165, 1.54) is 38.1 Å². The summed E-state index contributed by atoms with van der Waals surface area (Å²) in [6.07, 6.45) is 2.79. The molecule has 1 aliphatic carbocycles. The van der Waals surface area contributed by atoms with E-state index in [0.29, 0.717) is 57.4 Å². The second-order valence-electron chi connectivity index (χ2n) is 10.8. The normalized spacial score (nSPS) is 13.2. The van der Waals surface area contributed by atoms with Gasteiger partial charge in [0.05, 0.1) is 43.5 Å². The smallest absolute Gasteiger partial charge is 0.338 e. The lowest BCUT2D eigenvalue weighted by Gasteiger charge is -2.20. The van der Waals surface area contributed by atoms with Gasteiger partial charge in [0, 0.05) is 5.56 Å². The summed E-state index contributed by atoms with van der Waals surface area (Å²) in [6.45, 7) is -0.541. The van der Waals surface area contributed by atoms with Gasteiger partial charge in [-0.3, -0.25) is 9.59 Å². The zero-order valence-electron chi connectivity index (χ0n) is 27.1. The van der Waals surface area contributed by atoms with Crippen LogP contribution >= 0.6 is 11.8 Å². The Morgan fingerprint density at radius 2 is 1.76 bits per heavy atom. The lowest BCUT2D eigenvalue weighted by Crippen LogP contribution is -2.30. The Hall–Kier alpha value is -5.63. The van der Waals surface area contributed by atoms with Gasteiger partial charge in [0.1, 0.15) is 18.9 Å². The lowest BCUT2D eigenvalue weighted by molar-refractivity contribution is -0.763. The predicted molar refractivity (Wildman–Crippen MR) is 180 cm³/mol. The molecule has 1 aromatic heterocycles. The van der Waals surface area contributed by atoms with Crippen LogP contribution in [-0.4, -0.2) is 49.5 Å². The molecule has 0 unspecified atom stereocenters. The van der Waals surface area contributed by atoms with Crippen molar-refractivity contribution in [3.63, 3.8) is 0 Å². The number of ether oxygens (including phenoxy) is 4. The first-order valence-corrected chi connectivity index (χ1v) is 16.2. The SMILES string of the molecule is COc1cc2c(c(OC)c1OC)-c1ccc(SC)c(=O)cc1[C@@H](NC(=O)c1cccc(COC(=O)c3cccc(CO[N+](=O)[O-])c3)n1)CC2. The molecule has 1 heterocycles. The third-order valence-corrected chi connectivity index (χ3v) is 8.69. The van der Waals surface area contributed by atoms with Crippen molar-refractivity contribution >= 4 is 23.6 Å². The van der Waals surface area contributed by atoms with Crippen LogP contribution in [0.3, 0.4) is 0 Å². The van der Waals surface area contributed by atoms with Crippen LogP contribution in [-0.2, 0) is 29.2 Å². The summed E-state index contributed by atoms with van der Waals surface area (Å²) in [4.78, 5) is 59.5. The van der Waals surface area contributed by atoms with Gasteiger partial charge in [0.15, 0.2) is 16.9 Å². The summed E-state index contributed by atoms with van der Waals surface area (Å²) < 4.78 is 22.5. The van der Waals surface area contributed by atoms with Crippen LogP contribution in [0, 0.1) is 10.1 Å². The van der Waals surface area contributed by atoms with E-state index < -0.39 is 23.0 Å². The van der Waals surface area contributed by atoms with Gasteiger partial charge in [0.2, 0.25) is 5.75 Å². The molecule has 3 aromatic carbocycles. The van der Waals surface area contributed by atoms with Gasteiger partial charge in [-0.15, -0.1) is 21.9 Å². The molecule has 1 atom stereocenters. The molecule has 49 heavy (non-hydrogen) atoms. The number of fused-ring (bicyclic) bond motifs is 3. The molecule has 254 valence electrons. The van der Waals surface area contributed by atoms with E-state index >= 15 is 0 Å². The van der Waals surface area contributed by atoms with Gasteiger partial charge in [-0.1, -0.05) is 24.3 Å². The number of nitrogens with zero attached hydrogens (tertiary/aromatic N) is 2. The van der Waals surface area contributed by atoms with Crippen LogP contribution in [0.4, 0.5) is 0 Å². The minimum Gasteiger partial charge on any atom is -0.493 e. The molecular formula is C35H33N3O10S. The van der Waals surface area contributed by atoms with Crippen LogP contribution in [0.1, 0.15) is 55.7 Å². The quantitative estimate of drug-likeness (QED) is 0.0881. The van der Waals surface area contributed by atoms with E-state index in [9.17, 15) is 24.5 Å². The van der Waals surface area contributed by atoms with Gasteiger partial charge < -0.3 is 29.1 Å². The molecule has 14 heteroatoms. The Morgan fingerprint density at radius 1 is 0.980 bits per heavy atom. The standard InChI is InChI=1S/C35H33N3O10S/c1-44-29-16-21-11-13-26(25-17-28(39)30(49-4)14-12-24(25)31(21)33(46-3)32(29)45-2)37-34(40)27-10-6-9-23(36-27)19-47-35(41)22-8-5-7-20(15-22)18-48-38(42)43/h5-10,12,14-17,26H,11,13,18-19H2,1-4H3,(H,37,40)/t26-/m0/s1. The maximum atomic E-state index is 13.7. The number of esters is 1. The van der Waals surface area contributed by atoms with E-state index in [0.717, 1.165) is 11.1 Å². The van der Waals surface area contributed by atoms with Crippen molar-refractivity contribution in [2.45, 2.75) is 37.0 Å². The molecule has 4 aromatic rings. The number of aryl methyl sites for hydroxylation is 1. The molecule has 1 aliphatic rings. The molecule has 1 N–H and O–H groups in total. The molecule has 1 amide bonds. The molecule has 0 aliphatic heterocycles. The minimum absolute atomic E-state index is 0.0872. The minimum atomic E-state index is -0.915. The number of benzene rings is 2. The number of carbonyl (C=O) groups is 2. The number of pyridine rings is 1. The molecule has 0 saturated carbocycles. The molecule has 0 radical (unpaired) electrons. The fourth-order valence-electron chi connectivity index (χ4n) is 5.67. The highest BCUT2D eigenvalue weighted by molar-refractivity contribution is 7.98. The van der Waals surface area contributed by atoms with Crippen molar-refractivity contribution in [3.05, 3.63) is 121 Å². The summed E-state index contributed by atoms with van der Waals surface area (Å²) in [5.74, 6) is 0.197. The summed E-state index contributed by atoms with van der Waals surface area (Å²) in [7, 11) is 4.61. The second kappa shape index (κ2) is 15.5. The van der Waals surface area contributed by atoms with Gasteiger partial charge in [-0.25, -0.2) is 9.78 Å². The van der Waals surface area contributed by atoms with E-state index in [-0.39, 0.29) is 29.9 Å². The van der Waals surface area contributed by atoms with E-state index in [1.54, 1.807) is 49.6 Å².